The van der Waals surface area contributed by atoms with Gasteiger partial charge in [0.25, 0.3) is 5.91 Å². The quantitative estimate of drug-likeness (QED) is 0.651. The number of hydrogen-bond donors (Lipinski definition) is 1. The van der Waals surface area contributed by atoms with Gasteiger partial charge in [-0.2, -0.15) is 5.10 Å². The van der Waals surface area contributed by atoms with Crippen molar-refractivity contribution in [2.45, 2.75) is 13.5 Å². The van der Waals surface area contributed by atoms with Gasteiger partial charge in [0.05, 0.1) is 0 Å². The molecule has 4 nitrogen and oxygen atoms in total. The molecule has 59 valence electrons. The van der Waals surface area contributed by atoms with Crippen molar-refractivity contribution in [1.82, 2.24) is 15.1 Å². The Kier molecular flexibility index (Phi) is 2.25. The molecule has 0 aliphatic rings. The molecule has 0 atom stereocenters. The maximum atomic E-state index is 10.9. The largest absolute Gasteiger partial charge is 0.354 e. The van der Waals surface area contributed by atoms with Gasteiger partial charge in [0.2, 0.25) is 0 Å². The maximum absolute atomic E-state index is 10.9. The van der Waals surface area contributed by atoms with E-state index in [0.29, 0.717) is 5.69 Å². The van der Waals surface area contributed by atoms with E-state index >= 15 is 0 Å². The second kappa shape index (κ2) is 3.18. The topological polar surface area (TPSA) is 46.9 Å². The molecule has 0 aliphatic heterocycles. The van der Waals surface area contributed by atoms with Crippen LogP contribution in [0.15, 0.2) is 6.20 Å². The Balaban J connectivity index is 2.80. The molecular weight excluding hydrogens is 142 g/mol. The predicted octanol–water partition coefficient (Wildman–Crippen LogP) is 0.0628. The summed E-state index contributed by atoms with van der Waals surface area (Å²) >= 11 is 0. The smallest absolute Gasteiger partial charge is 0.272 e. The number of carbonyl (C=O) groups is 1. The van der Waals surface area contributed by atoms with E-state index < -0.39 is 0 Å². The SMILES string of the molecule is CCn1c[c]c(C(=O)NC)n1. The minimum absolute atomic E-state index is 0.197. The molecule has 11 heavy (non-hydrogen) atoms. The van der Waals surface area contributed by atoms with Crippen LogP contribution in [0.2, 0.25) is 0 Å². The van der Waals surface area contributed by atoms with E-state index in [2.05, 4.69) is 16.5 Å². The summed E-state index contributed by atoms with van der Waals surface area (Å²) in [6, 6.07) is 2.75. The second-order valence-corrected chi connectivity index (χ2v) is 2.06. The molecule has 0 bridgehead atoms. The van der Waals surface area contributed by atoms with E-state index in [1.54, 1.807) is 17.9 Å². The Morgan fingerprint density at radius 1 is 1.91 bits per heavy atom. The second-order valence-electron chi connectivity index (χ2n) is 2.06. The van der Waals surface area contributed by atoms with Crippen LogP contribution in [0.3, 0.4) is 0 Å². The Morgan fingerprint density at radius 2 is 2.64 bits per heavy atom. The monoisotopic (exact) mass is 152 g/mol. The van der Waals surface area contributed by atoms with E-state index in [4.69, 9.17) is 0 Å². The van der Waals surface area contributed by atoms with Gasteiger partial charge in [-0.1, -0.05) is 0 Å². The Morgan fingerprint density at radius 3 is 3.09 bits per heavy atom. The first kappa shape index (κ1) is 7.78. The normalized spacial score (nSPS) is 9.64. The van der Waals surface area contributed by atoms with Gasteiger partial charge in [-0.15, -0.1) is 0 Å². The summed E-state index contributed by atoms with van der Waals surface area (Å²) < 4.78 is 1.66. The minimum atomic E-state index is -0.197. The third-order valence-electron chi connectivity index (χ3n) is 1.34. The van der Waals surface area contributed by atoms with Crippen LogP contribution in [0.4, 0.5) is 0 Å². The zero-order chi connectivity index (χ0) is 8.27. The van der Waals surface area contributed by atoms with Gasteiger partial charge >= 0.3 is 0 Å². The van der Waals surface area contributed by atoms with E-state index in [1.807, 2.05) is 6.92 Å². The number of amides is 1. The number of rotatable bonds is 2. The van der Waals surface area contributed by atoms with Gasteiger partial charge in [-0.05, 0) is 6.92 Å². The molecule has 1 N–H and O–H groups in total. The molecule has 4 heteroatoms. The average Bonchev–Trinajstić information content (AvgIpc) is 2.50. The van der Waals surface area contributed by atoms with Gasteiger partial charge in [0, 0.05) is 25.9 Å². The highest BCUT2D eigenvalue weighted by Crippen LogP contribution is 1.92. The molecule has 1 aromatic heterocycles. The molecule has 1 heterocycles. The average molecular weight is 152 g/mol. The van der Waals surface area contributed by atoms with Crippen LogP contribution in [-0.4, -0.2) is 22.7 Å². The van der Waals surface area contributed by atoms with Crippen molar-refractivity contribution in [1.29, 1.82) is 0 Å². The van der Waals surface area contributed by atoms with Crippen LogP contribution in [0.1, 0.15) is 17.4 Å². The fraction of sp³-hybridized carbons (Fsp3) is 0.429. The zero-order valence-electron chi connectivity index (χ0n) is 6.59. The number of carbonyl (C=O) groups excluding carboxylic acids is 1. The Bertz CT molecular complexity index is 254. The molecule has 0 aromatic carbocycles. The van der Waals surface area contributed by atoms with Crippen molar-refractivity contribution in [3.8, 4) is 0 Å². The number of aromatic nitrogens is 2. The molecule has 1 aromatic rings. The van der Waals surface area contributed by atoms with Crippen LogP contribution < -0.4 is 5.32 Å². The van der Waals surface area contributed by atoms with Gasteiger partial charge < -0.3 is 5.32 Å². The van der Waals surface area contributed by atoms with E-state index in [-0.39, 0.29) is 5.91 Å². The summed E-state index contributed by atoms with van der Waals surface area (Å²) in [5.41, 5.74) is 0.342. The maximum Gasteiger partial charge on any atom is 0.272 e. The number of aryl methyl sites for hydroxylation is 1. The predicted molar refractivity (Wildman–Crippen MR) is 40.1 cm³/mol. The third-order valence-corrected chi connectivity index (χ3v) is 1.34. The van der Waals surface area contributed by atoms with Gasteiger partial charge in [0.1, 0.15) is 0 Å². The zero-order valence-corrected chi connectivity index (χ0v) is 6.59. The van der Waals surface area contributed by atoms with E-state index in [9.17, 15) is 4.79 Å². The molecule has 0 spiro atoms. The molecule has 0 fully saturated rings. The van der Waals surface area contributed by atoms with Crippen LogP contribution in [0, 0.1) is 6.07 Å². The summed E-state index contributed by atoms with van der Waals surface area (Å²) in [7, 11) is 1.57. The first-order valence-corrected chi connectivity index (χ1v) is 3.45. The number of nitrogens with zero attached hydrogens (tertiary/aromatic N) is 2. The van der Waals surface area contributed by atoms with Crippen molar-refractivity contribution >= 4 is 5.91 Å². The highest BCUT2D eigenvalue weighted by atomic mass is 16.1. The molecule has 1 rings (SSSR count). The summed E-state index contributed by atoms with van der Waals surface area (Å²) in [5.74, 6) is -0.197. The van der Waals surface area contributed by atoms with Crippen molar-refractivity contribution in [2.75, 3.05) is 7.05 Å². The van der Waals surface area contributed by atoms with Gasteiger partial charge in [-0.3, -0.25) is 9.48 Å². The molecule has 0 saturated heterocycles. The fourth-order valence-corrected chi connectivity index (χ4v) is 0.713. The van der Waals surface area contributed by atoms with Crippen molar-refractivity contribution < 1.29 is 4.79 Å². The molecule has 1 radical (unpaired) electrons. The highest BCUT2D eigenvalue weighted by molar-refractivity contribution is 5.91. The third kappa shape index (κ3) is 1.58. The summed E-state index contributed by atoms with van der Waals surface area (Å²) in [6.07, 6.45) is 1.66. The first-order valence-electron chi connectivity index (χ1n) is 3.45. The Labute approximate surface area is 65.2 Å². The first-order chi connectivity index (χ1) is 5.27. The van der Waals surface area contributed by atoms with Gasteiger partial charge in [0.15, 0.2) is 5.69 Å². The minimum Gasteiger partial charge on any atom is -0.354 e. The lowest BCUT2D eigenvalue weighted by molar-refractivity contribution is 0.0957. The summed E-state index contributed by atoms with van der Waals surface area (Å²) in [4.78, 5) is 10.9. The molecule has 0 aliphatic carbocycles. The van der Waals surface area contributed by atoms with Crippen LogP contribution in [0.5, 0.6) is 0 Å². The lowest BCUT2D eigenvalue weighted by Crippen LogP contribution is -2.18. The molecule has 0 unspecified atom stereocenters. The fourth-order valence-electron chi connectivity index (χ4n) is 0.713. The van der Waals surface area contributed by atoms with Crippen molar-refractivity contribution in [3.63, 3.8) is 0 Å². The van der Waals surface area contributed by atoms with Crippen LogP contribution in [0.25, 0.3) is 0 Å². The molecule has 1 amide bonds. The van der Waals surface area contributed by atoms with E-state index in [1.165, 1.54) is 0 Å². The number of nitrogens with one attached hydrogen (secondary N) is 1. The standard InChI is InChI=1S/C7H10N3O/c1-3-10-5-4-6(9-10)7(11)8-2/h5H,3H2,1-2H3,(H,8,11). The number of hydrogen-bond acceptors (Lipinski definition) is 2. The molecule has 0 saturated carbocycles. The lowest BCUT2D eigenvalue weighted by atomic mass is 10.4. The van der Waals surface area contributed by atoms with Crippen LogP contribution >= 0.6 is 0 Å². The summed E-state index contributed by atoms with van der Waals surface area (Å²) in [5, 5.41) is 6.42. The van der Waals surface area contributed by atoms with E-state index in [0.717, 1.165) is 6.54 Å². The summed E-state index contributed by atoms with van der Waals surface area (Å²) in [6.45, 7) is 2.71. The highest BCUT2D eigenvalue weighted by Gasteiger charge is 2.05. The van der Waals surface area contributed by atoms with Gasteiger partial charge in [-0.25, -0.2) is 0 Å². The molecular formula is C7H10N3O. The van der Waals surface area contributed by atoms with Crippen molar-refractivity contribution in [2.24, 2.45) is 0 Å². The van der Waals surface area contributed by atoms with Crippen LogP contribution in [-0.2, 0) is 6.54 Å². The van der Waals surface area contributed by atoms with Crippen molar-refractivity contribution in [3.05, 3.63) is 18.0 Å². The Hall–Kier alpha value is -1.32. The lowest BCUT2D eigenvalue weighted by Gasteiger charge is -1.93.